The van der Waals surface area contributed by atoms with Crippen LogP contribution in [0.3, 0.4) is 0 Å². The highest BCUT2D eigenvalue weighted by Gasteiger charge is 2.38. The normalized spacial score (nSPS) is 18.5. The summed E-state index contributed by atoms with van der Waals surface area (Å²) in [6, 6.07) is 0. The molecule has 0 unspecified atom stereocenters. The van der Waals surface area contributed by atoms with E-state index in [-0.39, 0.29) is 5.60 Å². The first-order valence-corrected chi connectivity index (χ1v) is 8.17. The molecule has 1 fully saturated rings. The minimum Gasteiger partial charge on any atom is -0.383 e. The van der Waals surface area contributed by atoms with Gasteiger partial charge in [-0.1, -0.05) is 26.2 Å². The molecular formula is C14H22IN3O. The van der Waals surface area contributed by atoms with E-state index in [4.69, 9.17) is 15.5 Å². The molecule has 1 heterocycles. The Hall–Kier alpha value is -0.430. The number of anilines is 1. The van der Waals surface area contributed by atoms with Crippen molar-refractivity contribution in [1.82, 2.24) is 9.97 Å². The number of nitrogen functional groups attached to an aromatic ring is 1. The zero-order chi connectivity index (χ0) is 13.9. The van der Waals surface area contributed by atoms with Gasteiger partial charge in [0.1, 0.15) is 11.4 Å². The van der Waals surface area contributed by atoms with Crippen molar-refractivity contribution in [3.8, 4) is 0 Å². The molecule has 0 bridgehead atoms. The molecule has 0 spiro atoms. The summed E-state index contributed by atoms with van der Waals surface area (Å²) in [4.78, 5) is 9.27. The predicted molar refractivity (Wildman–Crippen MR) is 84.9 cm³/mol. The number of nitrogens with zero attached hydrogens (tertiary/aromatic N) is 2. The molecule has 2 N–H and O–H groups in total. The van der Waals surface area contributed by atoms with Gasteiger partial charge in [-0.25, -0.2) is 9.97 Å². The van der Waals surface area contributed by atoms with Crippen molar-refractivity contribution in [2.45, 2.75) is 58.0 Å². The summed E-state index contributed by atoms with van der Waals surface area (Å²) in [5, 5.41) is 0. The monoisotopic (exact) mass is 375 g/mol. The number of rotatable bonds is 4. The Kier molecular flexibility index (Phi) is 5.00. The SMILES string of the molecule is CCOC1(c2nc(N)c(I)c(CC)n2)CCCCC1. The Bertz CT molecular complexity index is 439. The molecule has 1 aromatic rings. The van der Waals surface area contributed by atoms with Crippen LogP contribution < -0.4 is 5.73 Å². The minimum absolute atomic E-state index is 0.310. The summed E-state index contributed by atoms with van der Waals surface area (Å²) in [7, 11) is 0. The maximum Gasteiger partial charge on any atom is 0.162 e. The van der Waals surface area contributed by atoms with E-state index >= 15 is 0 Å². The van der Waals surface area contributed by atoms with Crippen LogP contribution in [-0.2, 0) is 16.8 Å². The van der Waals surface area contributed by atoms with Crippen LogP contribution in [0.5, 0.6) is 0 Å². The van der Waals surface area contributed by atoms with Crippen molar-refractivity contribution in [3.05, 3.63) is 15.1 Å². The zero-order valence-corrected chi connectivity index (χ0v) is 13.9. The predicted octanol–water partition coefficient (Wildman–Crippen LogP) is 3.42. The van der Waals surface area contributed by atoms with E-state index in [0.29, 0.717) is 12.4 Å². The summed E-state index contributed by atoms with van der Waals surface area (Å²) < 4.78 is 7.05. The maximum absolute atomic E-state index is 6.07. The Morgan fingerprint density at radius 2 is 1.89 bits per heavy atom. The Labute approximate surface area is 128 Å². The molecule has 1 aliphatic carbocycles. The third-order valence-electron chi connectivity index (χ3n) is 3.77. The highest BCUT2D eigenvalue weighted by atomic mass is 127. The van der Waals surface area contributed by atoms with Crippen molar-refractivity contribution >= 4 is 28.4 Å². The molecule has 0 saturated heterocycles. The van der Waals surface area contributed by atoms with Gasteiger partial charge in [0.2, 0.25) is 0 Å². The van der Waals surface area contributed by atoms with Crippen molar-refractivity contribution in [1.29, 1.82) is 0 Å². The molecule has 5 heteroatoms. The number of hydrogen-bond donors (Lipinski definition) is 1. The fourth-order valence-electron chi connectivity index (χ4n) is 2.78. The molecule has 1 aliphatic rings. The molecule has 4 nitrogen and oxygen atoms in total. The first-order valence-electron chi connectivity index (χ1n) is 7.09. The summed E-state index contributed by atoms with van der Waals surface area (Å²) in [5.41, 5.74) is 6.77. The second-order valence-electron chi connectivity index (χ2n) is 5.03. The van der Waals surface area contributed by atoms with Crippen LogP contribution in [0.4, 0.5) is 5.82 Å². The Balaban J connectivity index is 2.44. The van der Waals surface area contributed by atoms with E-state index in [0.717, 1.165) is 34.4 Å². The van der Waals surface area contributed by atoms with Crippen molar-refractivity contribution < 1.29 is 4.74 Å². The van der Waals surface area contributed by atoms with Crippen LogP contribution in [0.15, 0.2) is 0 Å². The molecule has 0 radical (unpaired) electrons. The molecule has 0 aromatic carbocycles. The summed E-state index contributed by atoms with van der Waals surface area (Å²) in [5.74, 6) is 1.39. The fraction of sp³-hybridized carbons (Fsp3) is 0.714. The van der Waals surface area contributed by atoms with Gasteiger partial charge in [-0.3, -0.25) is 0 Å². The topological polar surface area (TPSA) is 61.0 Å². The van der Waals surface area contributed by atoms with Crippen molar-refractivity contribution in [2.75, 3.05) is 12.3 Å². The van der Waals surface area contributed by atoms with Gasteiger partial charge in [0.25, 0.3) is 0 Å². The van der Waals surface area contributed by atoms with Crippen LogP contribution in [0, 0.1) is 3.57 Å². The third kappa shape index (κ3) is 3.02. The number of nitrogens with two attached hydrogens (primary N) is 1. The molecule has 0 amide bonds. The maximum atomic E-state index is 6.07. The lowest BCUT2D eigenvalue weighted by Crippen LogP contribution is -2.35. The van der Waals surface area contributed by atoms with E-state index in [2.05, 4.69) is 34.5 Å². The van der Waals surface area contributed by atoms with E-state index in [9.17, 15) is 0 Å². The van der Waals surface area contributed by atoms with Gasteiger partial charge >= 0.3 is 0 Å². The molecule has 0 atom stereocenters. The quantitative estimate of drug-likeness (QED) is 0.820. The minimum atomic E-state index is -0.310. The smallest absolute Gasteiger partial charge is 0.162 e. The standard InChI is InChI=1S/C14H22IN3O/c1-3-10-11(15)12(16)18-13(17-10)14(19-4-2)8-6-5-7-9-14/h3-9H2,1-2H3,(H2,16,17,18). The van der Waals surface area contributed by atoms with Crippen LogP contribution in [0.1, 0.15) is 57.5 Å². The number of ether oxygens (including phenoxy) is 1. The second kappa shape index (κ2) is 6.35. The van der Waals surface area contributed by atoms with Crippen molar-refractivity contribution in [2.24, 2.45) is 0 Å². The highest BCUT2D eigenvalue weighted by Crippen LogP contribution is 2.39. The average molecular weight is 375 g/mol. The number of halogens is 1. The lowest BCUT2D eigenvalue weighted by molar-refractivity contribution is -0.0767. The van der Waals surface area contributed by atoms with Gasteiger partial charge in [0.05, 0.1) is 9.26 Å². The number of hydrogen-bond acceptors (Lipinski definition) is 4. The number of aromatic nitrogens is 2. The summed E-state index contributed by atoms with van der Waals surface area (Å²) in [6.07, 6.45) is 6.51. The first-order chi connectivity index (χ1) is 9.13. The molecular weight excluding hydrogens is 353 g/mol. The lowest BCUT2D eigenvalue weighted by Gasteiger charge is -2.35. The van der Waals surface area contributed by atoms with Crippen LogP contribution in [-0.4, -0.2) is 16.6 Å². The largest absolute Gasteiger partial charge is 0.383 e. The molecule has 2 rings (SSSR count). The molecule has 106 valence electrons. The highest BCUT2D eigenvalue weighted by molar-refractivity contribution is 14.1. The van der Waals surface area contributed by atoms with E-state index < -0.39 is 0 Å². The molecule has 0 aliphatic heterocycles. The van der Waals surface area contributed by atoms with Gasteiger partial charge in [0.15, 0.2) is 5.82 Å². The van der Waals surface area contributed by atoms with Gasteiger partial charge in [-0.05, 0) is 48.8 Å². The Morgan fingerprint density at radius 3 is 2.47 bits per heavy atom. The fourth-order valence-corrected chi connectivity index (χ4v) is 3.41. The zero-order valence-electron chi connectivity index (χ0n) is 11.7. The van der Waals surface area contributed by atoms with Crippen LogP contribution in [0.2, 0.25) is 0 Å². The van der Waals surface area contributed by atoms with E-state index in [1.807, 2.05) is 6.92 Å². The first kappa shape index (κ1) is 15.0. The summed E-state index contributed by atoms with van der Waals surface area (Å²) in [6.45, 7) is 4.83. The molecule has 1 saturated carbocycles. The third-order valence-corrected chi connectivity index (χ3v) is 4.94. The van der Waals surface area contributed by atoms with Gasteiger partial charge < -0.3 is 10.5 Å². The molecule has 19 heavy (non-hydrogen) atoms. The van der Waals surface area contributed by atoms with Gasteiger partial charge in [-0.15, -0.1) is 0 Å². The lowest BCUT2D eigenvalue weighted by atomic mass is 9.83. The van der Waals surface area contributed by atoms with Gasteiger partial charge in [-0.2, -0.15) is 0 Å². The molecule has 1 aromatic heterocycles. The van der Waals surface area contributed by atoms with E-state index in [1.165, 1.54) is 19.3 Å². The van der Waals surface area contributed by atoms with Crippen LogP contribution >= 0.6 is 22.6 Å². The second-order valence-corrected chi connectivity index (χ2v) is 6.11. The number of aryl methyl sites for hydroxylation is 1. The van der Waals surface area contributed by atoms with Crippen LogP contribution in [0.25, 0.3) is 0 Å². The average Bonchev–Trinajstić information content (AvgIpc) is 2.43. The van der Waals surface area contributed by atoms with E-state index in [1.54, 1.807) is 0 Å². The summed E-state index contributed by atoms with van der Waals surface area (Å²) >= 11 is 2.23. The Morgan fingerprint density at radius 1 is 1.21 bits per heavy atom. The van der Waals surface area contributed by atoms with Gasteiger partial charge in [0, 0.05) is 6.61 Å². The van der Waals surface area contributed by atoms with Crippen molar-refractivity contribution in [3.63, 3.8) is 0 Å².